The highest BCUT2D eigenvalue weighted by Crippen LogP contribution is 2.32. The van der Waals surface area contributed by atoms with Crippen molar-refractivity contribution in [3.63, 3.8) is 0 Å². The van der Waals surface area contributed by atoms with E-state index in [0.717, 1.165) is 20.8 Å². The van der Waals surface area contributed by atoms with Gasteiger partial charge in [0.2, 0.25) is 0 Å². The minimum atomic E-state index is -3.81. The minimum absolute atomic E-state index is 0.0756. The third kappa shape index (κ3) is 3.87. The van der Waals surface area contributed by atoms with E-state index in [9.17, 15) is 8.42 Å². The zero-order chi connectivity index (χ0) is 20.4. The standard InChI is InChI=1S/C20H17N3O4S2/c1-26-17-7-6-15(11-18(17)27-2)29(24,25)23-14-5-3-4-13(10-14)20-22-16-8-9-21-12-19(16)28-20/h3-12,23H,1-2H3. The molecule has 148 valence electrons. The van der Waals surface area contributed by atoms with E-state index in [2.05, 4.69) is 14.7 Å². The number of ether oxygens (including phenoxy) is 2. The Balaban J connectivity index is 1.65. The van der Waals surface area contributed by atoms with Crippen LogP contribution in [0.15, 0.2) is 65.8 Å². The number of pyridine rings is 1. The first-order chi connectivity index (χ1) is 14.0. The third-order valence-corrected chi connectivity index (χ3v) is 6.65. The fourth-order valence-corrected chi connectivity index (χ4v) is 4.81. The molecule has 1 N–H and O–H groups in total. The maximum atomic E-state index is 12.8. The summed E-state index contributed by atoms with van der Waals surface area (Å²) in [4.78, 5) is 8.77. The molecule has 7 nitrogen and oxygen atoms in total. The number of benzene rings is 2. The number of aromatic nitrogens is 2. The third-order valence-electron chi connectivity index (χ3n) is 4.22. The van der Waals surface area contributed by atoms with Crippen molar-refractivity contribution in [2.45, 2.75) is 4.90 Å². The van der Waals surface area contributed by atoms with Crippen LogP contribution in [0.5, 0.6) is 11.5 Å². The molecule has 0 aliphatic heterocycles. The van der Waals surface area contributed by atoms with Gasteiger partial charge in [-0.3, -0.25) is 9.71 Å². The predicted molar refractivity (Wildman–Crippen MR) is 113 cm³/mol. The van der Waals surface area contributed by atoms with Gasteiger partial charge in [0.15, 0.2) is 11.5 Å². The van der Waals surface area contributed by atoms with E-state index in [1.807, 2.05) is 12.1 Å². The lowest BCUT2D eigenvalue weighted by Crippen LogP contribution is -2.13. The molecule has 29 heavy (non-hydrogen) atoms. The van der Waals surface area contributed by atoms with Crippen LogP contribution in [-0.4, -0.2) is 32.6 Å². The molecule has 2 aromatic heterocycles. The molecule has 2 aromatic carbocycles. The Bertz CT molecular complexity index is 1250. The number of fused-ring (bicyclic) bond motifs is 1. The molecule has 0 amide bonds. The maximum Gasteiger partial charge on any atom is 0.262 e. The Kier molecular flexibility index (Phi) is 5.08. The lowest BCUT2D eigenvalue weighted by Gasteiger charge is -2.12. The summed E-state index contributed by atoms with van der Waals surface area (Å²) in [6.07, 6.45) is 3.46. The second kappa shape index (κ2) is 7.69. The van der Waals surface area contributed by atoms with Gasteiger partial charge in [-0.15, -0.1) is 11.3 Å². The number of nitrogens with zero attached hydrogens (tertiary/aromatic N) is 2. The van der Waals surface area contributed by atoms with Gasteiger partial charge in [-0.2, -0.15) is 0 Å². The van der Waals surface area contributed by atoms with Gasteiger partial charge in [0.1, 0.15) is 5.01 Å². The largest absolute Gasteiger partial charge is 0.493 e. The molecule has 0 unspecified atom stereocenters. The van der Waals surface area contributed by atoms with E-state index in [0.29, 0.717) is 17.2 Å². The first-order valence-electron chi connectivity index (χ1n) is 8.56. The fraction of sp³-hybridized carbons (Fsp3) is 0.100. The molecule has 0 saturated heterocycles. The highest BCUT2D eigenvalue weighted by atomic mass is 32.2. The molecule has 0 spiro atoms. The van der Waals surface area contributed by atoms with Crippen LogP contribution < -0.4 is 14.2 Å². The molecule has 0 aliphatic rings. The average Bonchev–Trinajstić information content (AvgIpc) is 3.17. The molecular weight excluding hydrogens is 410 g/mol. The Labute approximate surface area is 172 Å². The first-order valence-corrected chi connectivity index (χ1v) is 10.9. The van der Waals surface area contributed by atoms with Crippen LogP contribution in [0.3, 0.4) is 0 Å². The minimum Gasteiger partial charge on any atom is -0.493 e. The molecule has 0 bridgehead atoms. The van der Waals surface area contributed by atoms with Crippen molar-refractivity contribution in [3.8, 4) is 22.1 Å². The van der Waals surface area contributed by atoms with Crippen molar-refractivity contribution in [1.82, 2.24) is 9.97 Å². The zero-order valence-electron chi connectivity index (χ0n) is 15.6. The molecule has 2 heterocycles. The van der Waals surface area contributed by atoms with Gasteiger partial charge in [-0.1, -0.05) is 12.1 Å². The van der Waals surface area contributed by atoms with E-state index in [-0.39, 0.29) is 4.90 Å². The molecule has 0 radical (unpaired) electrons. The lowest BCUT2D eigenvalue weighted by atomic mass is 10.2. The van der Waals surface area contributed by atoms with Crippen LogP contribution >= 0.6 is 11.3 Å². The quantitative estimate of drug-likeness (QED) is 0.497. The fourth-order valence-electron chi connectivity index (χ4n) is 2.82. The highest BCUT2D eigenvalue weighted by molar-refractivity contribution is 7.92. The van der Waals surface area contributed by atoms with E-state index >= 15 is 0 Å². The summed E-state index contributed by atoms with van der Waals surface area (Å²) in [7, 11) is -0.856. The van der Waals surface area contributed by atoms with Crippen molar-refractivity contribution < 1.29 is 17.9 Å². The van der Waals surface area contributed by atoms with Gasteiger partial charge < -0.3 is 9.47 Å². The highest BCUT2D eigenvalue weighted by Gasteiger charge is 2.18. The van der Waals surface area contributed by atoms with Crippen molar-refractivity contribution in [2.24, 2.45) is 0 Å². The van der Waals surface area contributed by atoms with Gasteiger partial charge in [-0.25, -0.2) is 13.4 Å². The summed E-state index contributed by atoms with van der Waals surface area (Å²) in [5, 5.41) is 0.792. The SMILES string of the molecule is COc1ccc(S(=O)(=O)Nc2cccc(-c3nc4ccncc4s3)c2)cc1OC. The molecule has 4 aromatic rings. The number of hydrogen-bond donors (Lipinski definition) is 1. The Morgan fingerprint density at radius 1 is 1.00 bits per heavy atom. The number of rotatable bonds is 6. The van der Waals surface area contributed by atoms with Crippen LogP contribution in [0.4, 0.5) is 5.69 Å². The first kappa shape index (κ1) is 19.2. The van der Waals surface area contributed by atoms with Gasteiger partial charge in [0.25, 0.3) is 10.0 Å². The second-order valence-corrected chi connectivity index (χ2v) is 8.78. The summed E-state index contributed by atoms with van der Waals surface area (Å²) in [5.41, 5.74) is 2.12. The number of anilines is 1. The molecule has 9 heteroatoms. The van der Waals surface area contributed by atoms with E-state index in [4.69, 9.17) is 9.47 Å². The summed E-state index contributed by atoms with van der Waals surface area (Å²) in [5.74, 6) is 0.797. The van der Waals surface area contributed by atoms with Crippen LogP contribution in [0.25, 0.3) is 20.8 Å². The topological polar surface area (TPSA) is 90.4 Å². The second-order valence-electron chi connectivity index (χ2n) is 6.07. The van der Waals surface area contributed by atoms with Crippen molar-refractivity contribution in [3.05, 3.63) is 60.9 Å². The van der Waals surface area contributed by atoms with Gasteiger partial charge in [0.05, 0.1) is 29.3 Å². The molecule has 4 rings (SSSR count). The lowest BCUT2D eigenvalue weighted by molar-refractivity contribution is 0.354. The maximum absolute atomic E-state index is 12.8. The number of methoxy groups -OCH3 is 2. The number of sulfonamides is 1. The summed E-state index contributed by atoms with van der Waals surface area (Å²) >= 11 is 1.50. The van der Waals surface area contributed by atoms with Crippen molar-refractivity contribution in [2.75, 3.05) is 18.9 Å². The Morgan fingerprint density at radius 2 is 1.83 bits per heavy atom. The van der Waals surface area contributed by atoms with Crippen LogP contribution in [0, 0.1) is 0 Å². The normalized spacial score (nSPS) is 11.4. The molecule has 0 atom stereocenters. The Hall–Kier alpha value is -3.17. The summed E-state index contributed by atoms with van der Waals surface area (Å²) in [6.45, 7) is 0. The molecule has 0 aliphatic carbocycles. The average molecular weight is 428 g/mol. The molecule has 0 fully saturated rings. The smallest absolute Gasteiger partial charge is 0.262 e. The monoisotopic (exact) mass is 427 g/mol. The van der Waals surface area contributed by atoms with E-state index < -0.39 is 10.0 Å². The van der Waals surface area contributed by atoms with E-state index in [1.54, 1.807) is 36.7 Å². The number of nitrogens with one attached hydrogen (secondary N) is 1. The van der Waals surface area contributed by atoms with Crippen LogP contribution in [0.1, 0.15) is 0 Å². The van der Waals surface area contributed by atoms with E-state index in [1.165, 1.54) is 37.7 Å². The zero-order valence-corrected chi connectivity index (χ0v) is 17.3. The number of hydrogen-bond acceptors (Lipinski definition) is 7. The Morgan fingerprint density at radius 3 is 2.59 bits per heavy atom. The van der Waals surface area contributed by atoms with Crippen molar-refractivity contribution >= 4 is 37.3 Å². The van der Waals surface area contributed by atoms with Crippen LogP contribution in [-0.2, 0) is 10.0 Å². The van der Waals surface area contributed by atoms with Gasteiger partial charge in [-0.05, 0) is 30.3 Å². The van der Waals surface area contributed by atoms with Gasteiger partial charge >= 0.3 is 0 Å². The number of thiazole rings is 1. The molecule has 0 saturated carbocycles. The summed E-state index contributed by atoms with van der Waals surface area (Å²) in [6, 6.07) is 13.4. The van der Waals surface area contributed by atoms with Crippen LogP contribution in [0.2, 0.25) is 0 Å². The summed E-state index contributed by atoms with van der Waals surface area (Å²) < 4.78 is 39.6. The van der Waals surface area contributed by atoms with Gasteiger partial charge in [0, 0.05) is 29.7 Å². The van der Waals surface area contributed by atoms with Crippen molar-refractivity contribution in [1.29, 1.82) is 0 Å². The predicted octanol–water partition coefficient (Wildman–Crippen LogP) is 4.18. The molecular formula is C20H17N3O4S2.